The Morgan fingerprint density at radius 1 is 1.11 bits per heavy atom. The van der Waals surface area contributed by atoms with Gasteiger partial charge in [-0.15, -0.1) is 0 Å². The second-order valence-corrected chi connectivity index (χ2v) is 4.73. The third-order valence-electron chi connectivity index (χ3n) is 2.31. The lowest BCUT2D eigenvalue weighted by Gasteiger charge is -2.22. The van der Waals surface area contributed by atoms with Crippen LogP contribution in [0.25, 0.3) is 0 Å². The summed E-state index contributed by atoms with van der Waals surface area (Å²) in [5.74, 6) is 1.66. The Morgan fingerprint density at radius 2 is 1.72 bits per heavy atom. The zero-order valence-electron chi connectivity index (χ0n) is 10.9. The Bertz CT molecular complexity index is 457. The SMILES string of the molecule is CN(C)C(=Nc1nc(Cl)nc(N2CC2)n1)N(C)C. The minimum atomic E-state index is 0.169. The summed E-state index contributed by atoms with van der Waals surface area (Å²) < 4.78 is 0. The van der Waals surface area contributed by atoms with Crippen LogP contribution in [0.1, 0.15) is 0 Å². The number of aliphatic imine (C=N–C) groups is 1. The molecule has 0 atom stereocenters. The van der Waals surface area contributed by atoms with E-state index in [1.807, 2.05) is 42.9 Å². The van der Waals surface area contributed by atoms with Crippen molar-refractivity contribution in [2.75, 3.05) is 46.2 Å². The van der Waals surface area contributed by atoms with Crippen molar-refractivity contribution >= 4 is 29.5 Å². The molecule has 1 aromatic heterocycles. The maximum Gasteiger partial charge on any atom is 0.258 e. The summed E-state index contributed by atoms with van der Waals surface area (Å²) in [5, 5.41) is 0.169. The first-order chi connectivity index (χ1) is 8.47. The van der Waals surface area contributed by atoms with Crippen LogP contribution >= 0.6 is 11.6 Å². The van der Waals surface area contributed by atoms with Crippen molar-refractivity contribution in [2.24, 2.45) is 4.99 Å². The van der Waals surface area contributed by atoms with Crippen molar-refractivity contribution in [3.05, 3.63) is 5.28 Å². The van der Waals surface area contributed by atoms with E-state index in [0.29, 0.717) is 11.9 Å². The average Bonchev–Trinajstić information content (AvgIpc) is 3.07. The number of hydrogen-bond donors (Lipinski definition) is 0. The van der Waals surface area contributed by atoms with Crippen LogP contribution in [0.5, 0.6) is 0 Å². The predicted octanol–water partition coefficient (Wildman–Crippen LogP) is 0.456. The fraction of sp³-hybridized carbons (Fsp3) is 0.600. The smallest absolute Gasteiger partial charge is 0.258 e. The van der Waals surface area contributed by atoms with Crippen LogP contribution in [0.4, 0.5) is 11.9 Å². The molecule has 7 nitrogen and oxygen atoms in total. The van der Waals surface area contributed by atoms with Gasteiger partial charge in [-0.2, -0.15) is 19.9 Å². The molecule has 2 rings (SSSR count). The largest absolute Gasteiger partial charge is 0.349 e. The third kappa shape index (κ3) is 2.98. The monoisotopic (exact) mass is 269 g/mol. The Balaban J connectivity index is 2.34. The van der Waals surface area contributed by atoms with Crippen LogP contribution in [0.2, 0.25) is 5.28 Å². The van der Waals surface area contributed by atoms with Crippen LogP contribution in [0.15, 0.2) is 4.99 Å². The lowest BCUT2D eigenvalue weighted by Crippen LogP contribution is -2.35. The first-order valence-electron chi connectivity index (χ1n) is 5.57. The minimum absolute atomic E-state index is 0.169. The summed E-state index contributed by atoms with van der Waals surface area (Å²) in [4.78, 5) is 22.5. The fourth-order valence-electron chi connectivity index (χ4n) is 1.46. The number of rotatable bonds is 2. The van der Waals surface area contributed by atoms with Gasteiger partial charge in [-0.1, -0.05) is 0 Å². The van der Waals surface area contributed by atoms with Crippen LogP contribution in [0.3, 0.4) is 0 Å². The van der Waals surface area contributed by atoms with Crippen molar-refractivity contribution in [1.82, 2.24) is 24.8 Å². The van der Waals surface area contributed by atoms with Gasteiger partial charge in [0.25, 0.3) is 5.95 Å². The molecular weight excluding hydrogens is 254 g/mol. The van der Waals surface area contributed by atoms with E-state index in [2.05, 4.69) is 19.9 Å². The standard InChI is InChI=1S/C10H16ClN7/c1-16(2)10(17(3)4)15-8-12-7(11)13-9(14-8)18-5-6-18/h5-6H2,1-4H3. The van der Waals surface area contributed by atoms with Crippen molar-refractivity contribution in [2.45, 2.75) is 0 Å². The molecule has 8 heteroatoms. The molecular formula is C10H16ClN7. The number of halogens is 1. The molecule has 2 heterocycles. The van der Waals surface area contributed by atoms with Crippen LogP contribution < -0.4 is 4.90 Å². The highest BCUT2D eigenvalue weighted by atomic mass is 35.5. The van der Waals surface area contributed by atoms with E-state index in [4.69, 9.17) is 11.6 Å². The highest BCUT2D eigenvalue weighted by Crippen LogP contribution is 2.20. The number of aromatic nitrogens is 3. The molecule has 0 radical (unpaired) electrons. The zero-order chi connectivity index (χ0) is 13.3. The summed E-state index contributed by atoms with van der Waals surface area (Å²) in [6.07, 6.45) is 0. The molecule has 1 aliphatic heterocycles. The molecule has 1 fully saturated rings. The summed E-state index contributed by atoms with van der Waals surface area (Å²) in [7, 11) is 7.64. The van der Waals surface area contributed by atoms with Gasteiger partial charge in [0.2, 0.25) is 17.2 Å². The number of guanidine groups is 1. The first-order valence-corrected chi connectivity index (χ1v) is 5.95. The minimum Gasteiger partial charge on any atom is -0.349 e. The van der Waals surface area contributed by atoms with Gasteiger partial charge in [-0.25, -0.2) is 0 Å². The quantitative estimate of drug-likeness (QED) is 0.442. The second-order valence-electron chi connectivity index (χ2n) is 4.39. The molecule has 98 valence electrons. The Labute approximate surface area is 111 Å². The molecule has 0 spiro atoms. The molecule has 0 N–H and O–H groups in total. The molecule has 0 amide bonds. The van der Waals surface area contributed by atoms with Crippen LogP contribution in [-0.2, 0) is 0 Å². The van der Waals surface area contributed by atoms with Gasteiger partial charge in [0.05, 0.1) is 0 Å². The maximum absolute atomic E-state index is 5.88. The molecule has 0 unspecified atom stereocenters. The van der Waals surface area contributed by atoms with E-state index in [-0.39, 0.29) is 5.28 Å². The molecule has 1 saturated heterocycles. The highest BCUT2D eigenvalue weighted by molar-refractivity contribution is 6.28. The molecule has 0 saturated carbocycles. The fourth-order valence-corrected chi connectivity index (χ4v) is 1.61. The predicted molar refractivity (Wildman–Crippen MR) is 71.5 cm³/mol. The third-order valence-corrected chi connectivity index (χ3v) is 2.48. The normalized spacial score (nSPS) is 13.3. The van der Waals surface area contributed by atoms with E-state index in [1.54, 1.807) is 0 Å². The number of hydrogen-bond acceptors (Lipinski definition) is 5. The topological polar surface area (TPSA) is 60.5 Å². The summed E-state index contributed by atoms with van der Waals surface area (Å²) in [5.41, 5.74) is 0. The van der Waals surface area contributed by atoms with Gasteiger partial charge in [-0.05, 0) is 11.6 Å². The highest BCUT2D eigenvalue weighted by Gasteiger charge is 2.22. The van der Waals surface area contributed by atoms with Crippen molar-refractivity contribution in [3.63, 3.8) is 0 Å². The van der Waals surface area contributed by atoms with Crippen molar-refractivity contribution in [1.29, 1.82) is 0 Å². The summed E-state index contributed by atoms with van der Waals surface area (Å²) in [6, 6.07) is 0. The van der Waals surface area contributed by atoms with Gasteiger partial charge in [0.1, 0.15) is 0 Å². The van der Waals surface area contributed by atoms with Crippen LogP contribution in [-0.4, -0.2) is 72.0 Å². The molecule has 1 aliphatic rings. The zero-order valence-corrected chi connectivity index (χ0v) is 11.7. The molecule has 0 bridgehead atoms. The number of nitrogens with zero attached hydrogens (tertiary/aromatic N) is 7. The van der Waals surface area contributed by atoms with Crippen molar-refractivity contribution < 1.29 is 0 Å². The first kappa shape index (κ1) is 12.8. The lowest BCUT2D eigenvalue weighted by atomic mass is 10.7. The second kappa shape index (κ2) is 4.93. The van der Waals surface area contributed by atoms with Crippen LogP contribution in [0, 0.1) is 0 Å². The molecule has 0 aromatic carbocycles. The maximum atomic E-state index is 5.88. The molecule has 1 aromatic rings. The van der Waals surface area contributed by atoms with E-state index in [9.17, 15) is 0 Å². The van der Waals surface area contributed by atoms with Crippen molar-refractivity contribution in [3.8, 4) is 0 Å². The van der Waals surface area contributed by atoms with Gasteiger partial charge in [0.15, 0.2) is 0 Å². The Kier molecular flexibility index (Phi) is 3.51. The van der Waals surface area contributed by atoms with E-state index in [1.165, 1.54) is 0 Å². The van der Waals surface area contributed by atoms with Gasteiger partial charge < -0.3 is 14.7 Å². The number of anilines is 1. The molecule has 18 heavy (non-hydrogen) atoms. The van der Waals surface area contributed by atoms with E-state index in [0.717, 1.165) is 19.0 Å². The lowest BCUT2D eigenvalue weighted by molar-refractivity contribution is 0.483. The van der Waals surface area contributed by atoms with Gasteiger partial charge in [0, 0.05) is 41.3 Å². The van der Waals surface area contributed by atoms with E-state index < -0.39 is 0 Å². The average molecular weight is 270 g/mol. The van der Waals surface area contributed by atoms with Gasteiger partial charge in [-0.3, -0.25) is 0 Å². The molecule has 0 aliphatic carbocycles. The van der Waals surface area contributed by atoms with E-state index >= 15 is 0 Å². The Hall–Kier alpha value is -1.63. The summed E-state index contributed by atoms with van der Waals surface area (Å²) in [6.45, 7) is 1.91. The van der Waals surface area contributed by atoms with Gasteiger partial charge >= 0.3 is 0 Å². The summed E-state index contributed by atoms with van der Waals surface area (Å²) >= 11 is 5.88. The Morgan fingerprint density at radius 3 is 2.22 bits per heavy atom.